The van der Waals surface area contributed by atoms with E-state index in [4.69, 9.17) is 9.15 Å². The van der Waals surface area contributed by atoms with Gasteiger partial charge in [0.15, 0.2) is 0 Å². The fourth-order valence-electron chi connectivity index (χ4n) is 4.44. The van der Waals surface area contributed by atoms with Gasteiger partial charge in [-0.25, -0.2) is 4.79 Å². The van der Waals surface area contributed by atoms with E-state index < -0.39 is 0 Å². The summed E-state index contributed by atoms with van der Waals surface area (Å²) in [6.45, 7) is 2.47. The average Bonchev–Trinajstić information content (AvgIpc) is 3.38. The Balaban J connectivity index is 1.53. The van der Waals surface area contributed by atoms with Crippen LogP contribution in [-0.2, 0) is 30.4 Å². The third kappa shape index (κ3) is 3.74. The number of anilines is 1. The molecule has 1 unspecified atom stereocenters. The van der Waals surface area contributed by atoms with E-state index in [2.05, 4.69) is 16.7 Å². The van der Waals surface area contributed by atoms with E-state index in [1.165, 1.54) is 35.1 Å². The first-order valence-corrected chi connectivity index (χ1v) is 9.95. The number of urea groups is 1. The Kier molecular flexibility index (Phi) is 5.21. The van der Waals surface area contributed by atoms with E-state index in [-0.39, 0.29) is 12.1 Å². The average molecular weight is 368 g/mol. The minimum atomic E-state index is -0.205. The van der Waals surface area contributed by atoms with Gasteiger partial charge in [-0.2, -0.15) is 0 Å². The summed E-state index contributed by atoms with van der Waals surface area (Å²) in [6.07, 6.45) is 7.39. The van der Waals surface area contributed by atoms with Crippen molar-refractivity contribution < 1.29 is 13.9 Å². The molecule has 1 aromatic heterocycles. The highest BCUT2D eigenvalue weighted by atomic mass is 16.5. The van der Waals surface area contributed by atoms with E-state index in [9.17, 15) is 4.79 Å². The minimum absolute atomic E-state index is 0.167. The van der Waals surface area contributed by atoms with Gasteiger partial charge in [0.25, 0.3) is 0 Å². The molecule has 0 saturated heterocycles. The van der Waals surface area contributed by atoms with Crippen LogP contribution < -0.4 is 10.6 Å². The zero-order valence-corrected chi connectivity index (χ0v) is 16.2. The van der Waals surface area contributed by atoms with Crippen molar-refractivity contribution in [3.05, 3.63) is 52.0 Å². The topological polar surface area (TPSA) is 63.5 Å². The predicted molar refractivity (Wildman–Crippen MR) is 105 cm³/mol. The largest absolute Gasteiger partial charge is 0.464 e. The molecule has 5 nitrogen and oxygen atoms in total. The van der Waals surface area contributed by atoms with Gasteiger partial charge in [-0.15, -0.1) is 0 Å². The number of fused-ring (bicyclic) bond motifs is 2. The molecule has 0 fully saturated rings. The number of amides is 2. The van der Waals surface area contributed by atoms with Gasteiger partial charge in [-0.1, -0.05) is 6.07 Å². The highest BCUT2D eigenvalue weighted by molar-refractivity contribution is 5.92. The van der Waals surface area contributed by atoms with Gasteiger partial charge in [-0.3, -0.25) is 0 Å². The van der Waals surface area contributed by atoms with E-state index in [1.807, 2.05) is 19.1 Å². The molecule has 2 aromatic rings. The second kappa shape index (κ2) is 7.77. The summed E-state index contributed by atoms with van der Waals surface area (Å²) in [6, 6.07) is 5.85. The fourth-order valence-corrected chi connectivity index (χ4v) is 4.44. The monoisotopic (exact) mass is 368 g/mol. The molecule has 2 aliphatic carbocycles. The Morgan fingerprint density at radius 1 is 1.15 bits per heavy atom. The van der Waals surface area contributed by atoms with Crippen molar-refractivity contribution in [1.82, 2.24) is 5.32 Å². The zero-order valence-electron chi connectivity index (χ0n) is 16.2. The summed E-state index contributed by atoms with van der Waals surface area (Å²) < 4.78 is 11.0. The third-order valence-electron chi connectivity index (χ3n) is 5.73. The van der Waals surface area contributed by atoms with Crippen molar-refractivity contribution in [2.75, 3.05) is 19.0 Å². The summed E-state index contributed by atoms with van der Waals surface area (Å²) in [5.74, 6) is 1.61. The summed E-state index contributed by atoms with van der Waals surface area (Å²) in [5.41, 5.74) is 6.59. The highest BCUT2D eigenvalue weighted by Gasteiger charge is 2.26. The molecule has 1 aromatic carbocycles. The number of nitrogens with one attached hydrogen (secondary N) is 2. The maximum Gasteiger partial charge on any atom is 0.319 e. The normalized spacial score (nSPS) is 16.1. The predicted octanol–water partition coefficient (Wildman–Crippen LogP) is 4.46. The van der Waals surface area contributed by atoms with Crippen LogP contribution in [0.25, 0.3) is 0 Å². The molecule has 1 heterocycles. The summed E-state index contributed by atoms with van der Waals surface area (Å²) >= 11 is 0. The number of furan rings is 1. The van der Waals surface area contributed by atoms with Crippen LogP contribution in [0.2, 0.25) is 0 Å². The number of ether oxygens (including phenoxy) is 1. The van der Waals surface area contributed by atoms with E-state index in [0.717, 1.165) is 42.9 Å². The Morgan fingerprint density at radius 2 is 1.85 bits per heavy atom. The molecule has 0 aliphatic heterocycles. The van der Waals surface area contributed by atoms with Crippen molar-refractivity contribution in [2.45, 2.75) is 57.9 Å². The Bertz CT molecular complexity index is 808. The lowest BCUT2D eigenvalue weighted by Gasteiger charge is -2.20. The van der Waals surface area contributed by atoms with Gasteiger partial charge < -0.3 is 19.8 Å². The van der Waals surface area contributed by atoms with Gasteiger partial charge in [0.2, 0.25) is 0 Å². The number of carbonyl (C=O) groups is 1. The molecular weight excluding hydrogens is 340 g/mol. The quantitative estimate of drug-likeness (QED) is 0.791. The first kappa shape index (κ1) is 18.1. The second-order valence-electron chi connectivity index (χ2n) is 7.61. The first-order valence-electron chi connectivity index (χ1n) is 9.95. The molecule has 0 radical (unpaired) electrons. The molecule has 5 heteroatoms. The number of carbonyl (C=O) groups excluding carboxylic acids is 1. The van der Waals surface area contributed by atoms with Gasteiger partial charge >= 0.3 is 6.03 Å². The van der Waals surface area contributed by atoms with Crippen LogP contribution in [0, 0.1) is 6.92 Å². The zero-order chi connectivity index (χ0) is 18.8. The molecule has 144 valence electrons. The lowest BCUT2D eigenvalue weighted by molar-refractivity contribution is 0.178. The summed E-state index contributed by atoms with van der Waals surface area (Å²) in [7, 11) is 1.67. The van der Waals surface area contributed by atoms with Gasteiger partial charge in [0.1, 0.15) is 11.5 Å². The lowest BCUT2D eigenvalue weighted by atomic mass is 9.99. The Labute approximate surface area is 160 Å². The number of hydrogen-bond acceptors (Lipinski definition) is 3. The number of methoxy groups -OCH3 is 1. The van der Waals surface area contributed by atoms with Crippen molar-refractivity contribution in [1.29, 1.82) is 0 Å². The van der Waals surface area contributed by atoms with Crippen LogP contribution in [0.15, 0.2) is 22.6 Å². The number of benzene rings is 1. The van der Waals surface area contributed by atoms with Crippen molar-refractivity contribution in [3.63, 3.8) is 0 Å². The molecule has 0 saturated carbocycles. The van der Waals surface area contributed by atoms with Crippen molar-refractivity contribution in [3.8, 4) is 0 Å². The minimum Gasteiger partial charge on any atom is -0.464 e. The molecule has 0 bridgehead atoms. The molecular formula is C22H28N2O3. The number of hydrogen-bond donors (Lipinski definition) is 2. The molecule has 4 rings (SSSR count). The molecule has 2 aliphatic rings. The maximum absolute atomic E-state index is 12.9. The van der Waals surface area contributed by atoms with Crippen LogP contribution in [0.4, 0.5) is 10.5 Å². The standard InChI is InChI=1S/C22H28N2O3/c1-14-9-10-20(27-14)19(11-12-26-2)23-22(25)24-21-17-7-3-5-15(17)13-16-6-4-8-18(16)21/h9-10,13,19H,3-8,11-12H2,1-2H3,(H2,23,24,25). The summed E-state index contributed by atoms with van der Waals surface area (Å²) in [5, 5.41) is 6.28. The van der Waals surface area contributed by atoms with Crippen molar-refractivity contribution in [2.24, 2.45) is 0 Å². The van der Waals surface area contributed by atoms with Crippen molar-refractivity contribution >= 4 is 11.7 Å². The van der Waals surface area contributed by atoms with Crippen LogP contribution in [0.5, 0.6) is 0 Å². The van der Waals surface area contributed by atoms with Crippen LogP contribution >= 0.6 is 0 Å². The molecule has 1 atom stereocenters. The molecule has 0 spiro atoms. The third-order valence-corrected chi connectivity index (χ3v) is 5.73. The lowest BCUT2D eigenvalue weighted by Crippen LogP contribution is -2.33. The number of aryl methyl sites for hydroxylation is 3. The highest BCUT2D eigenvalue weighted by Crippen LogP contribution is 2.38. The SMILES string of the molecule is COCCC(NC(=O)Nc1c2c(cc3c1CCC3)CCC2)c1ccc(C)o1. The fraction of sp³-hybridized carbons (Fsp3) is 0.500. The maximum atomic E-state index is 12.9. The van der Waals surface area contributed by atoms with Crippen LogP contribution in [0.1, 0.15) is 59.1 Å². The van der Waals surface area contributed by atoms with Crippen LogP contribution in [0.3, 0.4) is 0 Å². The van der Waals surface area contributed by atoms with Gasteiger partial charge in [0, 0.05) is 19.4 Å². The molecule has 2 amide bonds. The number of rotatable bonds is 6. The Hall–Kier alpha value is -2.27. The van der Waals surface area contributed by atoms with E-state index in [0.29, 0.717) is 13.0 Å². The van der Waals surface area contributed by atoms with Crippen LogP contribution in [-0.4, -0.2) is 19.7 Å². The Morgan fingerprint density at radius 3 is 2.44 bits per heavy atom. The van der Waals surface area contributed by atoms with E-state index in [1.54, 1.807) is 7.11 Å². The van der Waals surface area contributed by atoms with Gasteiger partial charge in [-0.05, 0) is 86.3 Å². The van der Waals surface area contributed by atoms with Gasteiger partial charge in [0.05, 0.1) is 6.04 Å². The van der Waals surface area contributed by atoms with E-state index >= 15 is 0 Å². The second-order valence-corrected chi connectivity index (χ2v) is 7.61. The summed E-state index contributed by atoms with van der Waals surface area (Å²) in [4.78, 5) is 12.9. The smallest absolute Gasteiger partial charge is 0.319 e. The molecule has 27 heavy (non-hydrogen) atoms. The first-order chi connectivity index (χ1) is 13.2. The molecule has 2 N–H and O–H groups in total.